The Balaban J connectivity index is 2.00. The van der Waals surface area contributed by atoms with Gasteiger partial charge < -0.3 is 20.1 Å². The predicted octanol–water partition coefficient (Wildman–Crippen LogP) is 2.93. The summed E-state index contributed by atoms with van der Waals surface area (Å²) in [5.74, 6) is 2.05. The van der Waals surface area contributed by atoms with Gasteiger partial charge in [0.2, 0.25) is 0 Å². The van der Waals surface area contributed by atoms with Crippen LogP contribution in [0.15, 0.2) is 52.4 Å². The van der Waals surface area contributed by atoms with Crippen molar-refractivity contribution >= 4 is 15.8 Å². The zero-order valence-corrected chi connectivity index (χ0v) is 19.0. The highest BCUT2D eigenvalue weighted by Crippen LogP contribution is 2.26. The lowest BCUT2D eigenvalue weighted by Crippen LogP contribution is -2.41. The predicted molar refractivity (Wildman–Crippen MR) is 120 cm³/mol. The van der Waals surface area contributed by atoms with Crippen LogP contribution in [0.3, 0.4) is 0 Å². The summed E-state index contributed by atoms with van der Waals surface area (Å²) in [5.41, 5.74) is 1.66. The molecule has 2 aromatic carbocycles. The number of rotatable bonds is 9. The summed E-state index contributed by atoms with van der Waals surface area (Å²) in [5, 5.41) is 6.48. The van der Waals surface area contributed by atoms with Gasteiger partial charge >= 0.3 is 0 Å². The molecule has 2 aromatic rings. The quantitative estimate of drug-likeness (QED) is 0.467. The van der Waals surface area contributed by atoms with Gasteiger partial charge in [0.05, 0.1) is 25.1 Å². The molecule has 1 atom stereocenters. The van der Waals surface area contributed by atoms with Gasteiger partial charge in [-0.2, -0.15) is 0 Å². The van der Waals surface area contributed by atoms with E-state index in [1.807, 2.05) is 44.2 Å². The molecule has 0 radical (unpaired) electrons. The topological polar surface area (TPSA) is 89.0 Å². The molecule has 2 N–H and O–H groups in total. The largest absolute Gasteiger partial charge is 0.493 e. The third kappa shape index (κ3) is 6.95. The van der Waals surface area contributed by atoms with Gasteiger partial charge in [-0.3, -0.25) is 0 Å². The summed E-state index contributed by atoms with van der Waals surface area (Å²) in [4.78, 5) is 4.94. The Bertz CT molecular complexity index is 974. The molecule has 0 heterocycles. The summed E-state index contributed by atoms with van der Waals surface area (Å²) < 4.78 is 34.8. The molecule has 0 bridgehead atoms. The lowest BCUT2D eigenvalue weighted by Gasteiger charge is -2.19. The van der Waals surface area contributed by atoms with Crippen molar-refractivity contribution in [2.45, 2.75) is 38.3 Å². The molecule has 8 heteroatoms. The maximum absolute atomic E-state index is 11.8. The highest BCUT2D eigenvalue weighted by atomic mass is 32.2. The molecule has 0 fully saturated rings. The maximum atomic E-state index is 11.8. The number of hydrogen-bond acceptors (Lipinski definition) is 5. The molecule has 0 aliphatic heterocycles. The summed E-state index contributed by atoms with van der Waals surface area (Å²) >= 11 is 0. The molecule has 0 saturated carbocycles. The van der Waals surface area contributed by atoms with Crippen molar-refractivity contribution in [1.29, 1.82) is 0 Å². The normalized spacial score (nSPS) is 12.9. The first-order valence-corrected chi connectivity index (χ1v) is 11.7. The van der Waals surface area contributed by atoms with E-state index in [1.165, 1.54) is 6.26 Å². The van der Waals surface area contributed by atoms with Gasteiger partial charge in [-0.1, -0.05) is 24.3 Å². The smallest absolute Gasteiger partial charge is 0.191 e. The SMILES string of the molecule is CCNC(=NCc1ccc(S(C)(=O)=O)c(C)c1)NCC(C)Oc1ccccc1OC. The number of ether oxygens (including phenoxy) is 2. The molecule has 164 valence electrons. The Morgan fingerprint density at radius 1 is 1.13 bits per heavy atom. The van der Waals surface area contributed by atoms with Crippen molar-refractivity contribution < 1.29 is 17.9 Å². The summed E-state index contributed by atoms with van der Waals surface area (Å²) in [6, 6.07) is 12.8. The van der Waals surface area contributed by atoms with Crippen LogP contribution in [0.5, 0.6) is 11.5 Å². The minimum atomic E-state index is -3.22. The molecular weight excluding hydrogens is 402 g/mol. The molecule has 0 spiro atoms. The Hall–Kier alpha value is -2.74. The van der Waals surface area contributed by atoms with Crippen LogP contribution in [0, 0.1) is 6.92 Å². The molecule has 2 rings (SSSR count). The highest BCUT2D eigenvalue weighted by molar-refractivity contribution is 7.90. The Morgan fingerprint density at radius 2 is 1.83 bits per heavy atom. The fourth-order valence-electron chi connectivity index (χ4n) is 2.95. The minimum absolute atomic E-state index is 0.110. The average Bonchev–Trinajstić information content (AvgIpc) is 2.69. The molecule has 1 unspecified atom stereocenters. The first kappa shape index (κ1) is 23.5. The number of sulfone groups is 1. The van der Waals surface area contributed by atoms with E-state index in [0.717, 1.165) is 17.7 Å². The minimum Gasteiger partial charge on any atom is -0.493 e. The van der Waals surface area contributed by atoms with Gasteiger partial charge in [-0.05, 0) is 50.1 Å². The number of benzene rings is 2. The summed E-state index contributed by atoms with van der Waals surface area (Å²) in [6.07, 6.45) is 1.11. The number of aryl methyl sites for hydroxylation is 1. The van der Waals surface area contributed by atoms with Crippen LogP contribution >= 0.6 is 0 Å². The molecule has 0 aliphatic rings. The zero-order chi connectivity index (χ0) is 22.1. The van der Waals surface area contributed by atoms with Crippen LogP contribution in [-0.2, 0) is 16.4 Å². The molecule has 0 aliphatic carbocycles. The lowest BCUT2D eigenvalue weighted by atomic mass is 10.1. The van der Waals surface area contributed by atoms with Crippen LogP contribution in [0.4, 0.5) is 0 Å². The van der Waals surface area contributed by atoms with Gasteiger partial charge in [0.25, 0.3) is 0 Å². The first-order chi connectivity index (χ1) is 14.2. The third-order valence-electron chi connectivity index (χ3n) is 4.36. The lowest BCUT2D eigenvalue weighted by molar-refractivity contribution is 0.213. The summed E-state index contributed by atoms with van der Waals surface area (Å²) in [6.45, 7) is 7.47. The molecule has 30 heavy (non-hydrogen) atoms. The van der Waals surface area contributed by atoms with Gasteiger partial charge in [-0.25, -0.2) is 13.4 Å². The third-order valence-corrected chi connectivity index (χ3v) is 5.61. The van der Waals surface area contributed by atoms with Crippen molar-refractivity contribution in [3.05, 3.63) is 53.6 Å². The van der Waals surface area contributed by atoms with Crippen LogP contribution in [-0.4, -0.2) is 46.9 Å². The van der Waals surface area contributed by atoms with Crippen molar-refractivity contribution in [3.63, 3.8) is 0 Å². The first-order valence-electron chi connectivity index (χ1n) is 9.86. The Morgan fingerprint density at radius 3 is 2.43 bits per heavy atom. The standard InChI is InChI=1S/C22H31N3O4S/c1-6-23-22(24-14-17(3)29-20-10-8-7-9-19(20)28-4)25-15-18-11-12-21(16(2)13-18)30(5,26)27/h7-13,17H,6,14-15H2,1-5H3,(H2,23,24,25). The Kier molecular flexibility index (Phi) is 8.53. The number of aliphatic imine (C=N–C) groups is 1. The number of methoxy groups -OCH3 is 1. The Labute approximate surface area is 179 Å². The summed E-state index contributed by atoms with van der Waals surface area (Å²) in [7, 11) is -1.61. The number of nitrogens with one attached hydrogen (secondary N) is 2. The molecular formula is C22H31N3O4S. The van der Waals surface area contributed by atoms with Crippen LogP contribution < -0.4 is 20.1 Å². The van der Waals surface area contributed by atoms with E-state index in [4.69, 9.17) is 9.47 Å². The molecule has 0 amide bonds. The second-order valence-corrected chi connectivity index (χ2v) is 9.01. The number of nitrogens with zero attached hydrogens (tertiary/aromatic N) is 1. The van der Waals surface area contributed by atoms with Gasteiger partial charge in [0, 0.05) is 12.8 Å². The van der Waals surface area contributed by atoms with Crippen LogP contribution in [0.2, 0.25) is 0 Å². The van der Waals surface area contributed by atoms with Crippen molar-refractivity contribution in [3.8, 4) is 11.5 Å². The second kappa shape index (κ2) is 10.9. The average molecular weight is 434 g/mol. The monoisotopic (exact) mass is 433 g/mol. The van der Waals surface area contributed by atoms with E-state index in [1.54, 1.807) is 26.2 Å². The maximum Gasteiger partial charge on any atom is 0.191 e. The molecule has 0 saturated heterocycles. The fraction of sp³-hybridized carbons (Fsp3) is 0.409. The van der Waals surface area contributed by atoms with E-state index < -0.39 is 9.84 Å². The number of guanidine groups is 1. The van der Waals surface area contributed by atoms with E-state index in [0.29, 0.717) is 35.4 Å². The zero-order valence-electron chi connectivity index (χ0n) is 18.2. The van der Waals surface area contributed by atoms with Gasteiger partial charge in [0.1, 0.15) is 6.10 Å². The van der Waals surface area contributed by atoms with Crippen LogP contribution in [0.25, 0.3) is 0 Å². The molecule has 0 aromatic heterocycles. The van der Waals surface area contributed by atoms with E-state index >= 15 is 0 Å². The van der Waals surface area contributed by atoms with Crippen molar-refractivity contribution in [2.75, 3.05) is 26.5 Å². The van der Waals surface area contributed by atoms with E-state index in [-0.39, 0.29) is 6.10 Å². The van der Waals surface area contributed by atoms with E-state index in [2.05, 4.69) is 15.6 Å². The fourth-order valence-corrected chi connectivity index (χ4v) is 3.91. The van der Waals surface area contributed by atoms with Crippen molar-refractivity contribution in [1.82, 2.24) is 10.6 Å². The number of para-hydroxylation sites is 2. The molecule has 7 nitrogen and oxygen atoms in total. The van der Waals surface area contributed by atoms with Gasteiger partial charge in [0.15, 0.2) is 27.3 Å². The number of hydrogen-bond donors (Lipinski definition) is 2. The van der Waals surface area contributed by atoms with Crippen molar-refractivity contribution in [2.24, 2.45) is 4.99 Å². The van der Waals surface area contributed by atoms with Crippen LogP contribution in [0.1, 0.15) is 25.0 Å². The highest BCUT2D eigenvalue weighted by Gasteiger charge is 2.11. The van der Waals surface area contributed by atoms with E-state index in [9.17, 15) is 8.42 Å². The van der Waals surface area contributed by atoms with Gasteiger partial charge in [-0.15, -0.1) is 0 Å². The second-order valence-electron chi connectivity index (χ2n) is 7.03.